The molecule has 0 radical (unpaired) electrons. The fraction of sp³-hybridized carbons (Fsp3) is 0. The lowest BCUT2D eigenvalue weighted by Gasteiger charge is -1.87. The van der Waals surface area contributed by atoms with Crippen LogP contribution in [-0.2, 0) is 0 Å². The normalized spacial score (nSPS) is 10.3. The van der Waals surface area contributed by atoms with Gasteiger partial charge in [0.05, 0.1) is 4.88 Å². The van der Waals surface area contributed by atoms with Gasteiger partial charge in [0.15, 0.2) is 0 Å². The topological polar surface area (TPSA) is 44.1 Å². The lowest BCUT2D eigenvalue weighted by Crippen LogP contribution is -1.68. The average molecular weight is 177 g/mol. The van der Waals surface area contributed by atoms with Crippen LogP contribution in [0.1, 0.15) is 4.88 Å². The van der Waals surface area contributed by atoms with E-state index >= 15 is 0 Å². The Balaban J connectivity index is 2.87. The van der Waals surface area contributed by atoms with Crippen molar-refractivity contribution < 1.29 is 5.11 Å². The van der Waals surface area contributed by atoms with Crippen LogP contribution in [-0.4, -0.2) is 11.3 Å². The van der Waals surface area contributed by atoms with Crippen molar-refractivity contribution in [3.8, 4) is 5.75 Å². The van der Waals surface area contributed by atoms with E-state index < -0.39 is 0 Å². The van der Waals surface area contributed by atoms with Gasteiger partial charge in [-0.05, 0) is 12.1 Å². The predicted molar refractivity (Wildman–Crippen MR) is 51.4 cm³/mol. The first-order valence-corrected chi connectivity index (χ1v) is 4.35. The van der Waals surface area contributed by atoms with Gasteiger partial charge in [-0.25, -0.2) is 0 Å². The Hall–Kier alpha value is -1.35. The summed E-state index contributed by atoms with van der Waals surface area (Å²) in [6.45, 7) is 0. The van der Waals surface area contributed by atoms with Crippen LogP contribution < -0.4 is 0 Å². The molecule has 0 fully saturated rings. The van der Waals surface area contributed by atoms with Crippen molar-refractivity contribution in [2.45, 2.75) is 0 Å². The second-order valence-corrected chi connectivity index (χ2v) is 3.54. The Morgan fingerprint density at radius 2 is 2.08 bits per heavy atom. The highest BCUT2D eigenvalue weighted by Gasteiger charge is 2.06. The molecule has 0 aliphatic heterocycles. The molecule has 2 nitrogen and oxygen atoms in total. The highest BCUT2D eigenvalue weighted by Crippen LogP contribution is 2.34. The molecule has 0 amide bonds. The molecule has 60 valence electrons. The first kappa shape index (κ1) is 7.31. The molecule has 2 aromatic rings. The second kappa shape index (κ2) is 2.60. The minimum Gasteiger partial charge on any atom is -0.506 e. The summed E-state index contributed by atoms with van der Waals surface area (Å²) in [5.74, 6) is 0.227. The van der Waals surface area contributed by atoms with Crippen molar-refractivity contribution in [1.82, 2.24) is 0 Å². The standard InChI is InChI=1S/C9H7NOS/c10-5-8-9(11)6-3-1-2-4-7(6)12-8/h1-5,10-11H. The number of fused-ring (bicyclic) bond motifs is 1. The Morgan fingerprint density at radius 3 is 2.75 bits per heavy atom. The number of nitrogens with one attached hydrogen (secondary N) is 1. The van der Waals surface area contributed by atoms with E-state index in [0.717, 1.165) is 10.1 Å². The Labute approximate surface area is 73.6 Å². The molecule has 0 saturated heterocycles. The smallest absolute Gasteiger partial charge is 0.142 e. The van der Waals surface area contributed by atoms with E-state index in [1.165, 1.54) is 17.6 Å². The maximum Gasteiger partial charge on any atom is 0.142 e. The van der Waals surface area contributed by atoms with Gasteiger partial charge >= 0.3 is 0 Å². The van der Waals surface area contributed by atoms with Gasteiger partial charge < -0.3 is 10.5 Å². The monoisotopic (exact) mass is 177 g/mol. The van der Waals surface area contributed by atoms with Gasteiger partial charge in [-0.2, -0.15) is 0 Å². The minimum absolute atomic E-state index is 0.227. The summed E-state index contributed by atoms with van der Waals surface area (Å²) in [6.07, 6.45) is 1.18. The zero-order valence-electron chi connectivity index (χ0n) is 6.24. The fourth-order valence-corrected chi connectivity index (χ4v) is 2.07. The Kier molecular flexibility index (Phi) is 1.59. The third-order valence-electron chi connectivity index (χ3n) is 1.73. The van der Waals surface area contributed by atoms with Crippen LogP contribution in [0.25, 0.3) is 10.1 Å². The van der Waals surface area contributed by atoms with E-state index in [9.17, 15) is 5.11 Å². The zero-order valence-corrected chi connectivity index (χ0v) is 7.06. The van der Waals surface area contributed by atoms with E-state index in [-0.39, 0.29) is 5.75 Å². The third-order valence-corrected chi connectivity index (χ3v) is 2.83. The fourth-order valence-electron chi connectivity index (χ4n) is 1.15. The van der Waals surface area contributed by atoms with Crippen molar-refractivity contribution in [3.05, 3.63) is 29.1 Å². The van der Waals surface area contributed by atoms with Gasteiger partial charge in [0.1, 0.15) is 5.75 Å². The SMILES string of the molecule is N=Cc1sc2ccccc2c1O. The summed E-state index contributed by atoms with van der Waals surface area (Å²) in [5.41, 5.74) is 0. The van der Waals surface area contributed by atoms with Crippen molar-refractivity contribution >= 4 is 27.6 Å². The van der Waals surface area contributed by atoms with Crippen molar-refractivity contribution in [2.24, 2.45) is 0 Å². The Bertz CT molecular complexity index is 433. The minimum atomic E-state index is 0.227. The zero-order chi connectivity index (χ0) is 8.55. The van der Waals surface area contributed by atoms with E-state index in [2.05, 4.69) is 0 Å². The molecule has 1 aromatic heterocycles. The van der Waals surface area contributed by atoms with Crippen LogP contribution in [0.2, 0.25) is 0 Å². The average Bonchev–Trinajstić information content (AvgIpc) is 2.44. The number of rotatable bonds is 1. The highest BCUT2D eigenvalue weighted by molar-refractivity contribution is 7.21. The molecule has 0 aliphatic rings. The van der Waals surface area contributed by atoms with Gasteiger partial charge in [-0.1, -0.05) is 12.1 Å². The van der Waals surface area contributed by atoms with Gasteiger partial charge in [-0.3, -0.25) is 0 Å². The number of hydrogen-bond acceptors (Lipinski definition) is 3. The lowest BCUT2D eigenvalue weighted by molar-refractivity contribution is 0.483. The van der Waals surface area contributed by atoms with E-state index in [0.29, 0.717) is 4.88 Å². The molecule has 1 heterocycles. The molecule has 0 saturated carbocycles. The molecule has 3 heteroatoms. The number of benzene rings is 1. The summed E-state index contributed by atoms with van der Waals surface area (Å²) >= 11 is 1.43. The quantitative estimate of drug-likeness (QED) is 0.646. The molecule has 2 N–H and O–H groups in total. The maximum atomic E-state index is 9.55. The van der Waals surface area contributed by atoms with E-state index in [1.54, 1.807) is 0 Å². The number of aromatic hydroxyl groups is 1. The van der Waals surface area contributed by atoms with Gasteiger partial charge in [0.25, 0.3) is 0 Å². The molecule has 0 aliphatic carbocycles. The lowest BCUT2D eigenvalue weighted by atomic mass is 10.2. The molecule has 0 bridgehead atoms. The van der Waals surface area contributed by atoms with Crippen molar-refractivity contribution in [2.75, 3.05) is 0 Å². The molecule has 1 aromatic carbocycles. The molecular weight excluding hydrogens is 170 g/mol. The summed E-state index contributed by atoms with van der Waals surface area (Å²) in [4.78, 5) is 0.621. The third kappa shape index (κ3) is 0.905. The summed E-state index contributed by atoms with van der Waals surface area (Å²) < 4.78 is 1.02. The molecule has 0 atom stereocenters. The number of thiophene rings is 1. The molecule has 0 unspecified atom stereocenters. The molecule has 12 heavy (non-hydrogen) atoms. The molecular formula is C9H7NOS. The summed E-state index contributed by atoms with van der Waals surface area (Å²) in [7, 11) is 0. The van der Waals surface area contributed by atoms with Crippen LogP contribution in [0, 0.1) is 5.41 Å². The highest BCUT2D eigenvalue weighted by atomic mass is 32.1. The van der Waals surface area contributed by atoms with Crippen LogP contribution in [0.15, 0.2) is 24.3 Å². The Morgan fingerprint density at radius 1 is 1.33 bits per heavy atom. The van der Waals surface area contributed by atoms with Gasteiger partial charge in [0, 0.05) is 16.3 Å². The van der Waals surface area contributed by atoms with Crippen LogP contribution in [0.4, 0.5) is 0 Å². The maximum absolute atomic E-state index is 9.55. The first-order chi connectivity index (χ1) is 5.83. The second-order valence-electron chi connectivity index (χ2n) is 2.46. The van der Waals surface area contributed by atoms with Crippen LogP contribution in [0.5, 0.6) is 5.75 Å². The van der Waals surface area contributed by atoms with Gasteiger partial charge in [-0.15, -0.1) is 11.3 Å². The largest absolute Gasteiger partial charge is 0.506 e. The van der Waals surface area contributed by atoms with Crippen molar-refractivity contribution in [3.63, 3.8) is 0 Å². The molecule has 0 spiro atoms. The van der Waals surface area contributed by atoms with Crippen molar-refractivity contribution in [1.29, 1.82) is 5.41 Å². The van der Waals surface area contributed by atoms with E-state index in [4.69, 9.17) is 5.41 Å². The van der Waals surface area contributed by atoms with Crippen LogP contribution >= 0.6 is 11.3 Å². The first-order valence-electron chi connectivity index (χ1n) is 3.54. The molecule has 2 rings (SSSR count). The summed E-state index contributed by atoms with van der Waals surface area (Å²) in [6, 6.07) is 7.59. The predicted octanol–water partition coefficient (Wildman–Crippen LogP) is 2.60. The number of hydrogen-bond donors (Lipinski definition) is 2. The van der Waals surface area contributed by atoms with Gasteiger partial charge in [0.2, 0.25) is 0 Å². The summed E-state index contributed by atoms with van der Waals surface area (Å²) in [5, 5.41) is 17.4. The van der Waals surface area contributed by atoms with Crippen LogP contribution in [0.3, 0.4) is 0 Å². The van der Waals surface area contributed by atoms with E-state index in [1.807, 2.05) is 24.3 Å².